The summed E-state index contributed by atoms with van der Waals surface area (Å²) >= 11 is 1.65. The third-order valence-electron chi connectivity index (χ3n) is 3.36. The van der Waals surface area contributed by atoms with E-state index in [-0.39, 0.29) is 18.1 Å². The van der Waals surface area contributed by atoms with E-state index in [0.29, 0.717) is 19.6 Å². The molecule has 2 rings (SSSR count). The summed E-state index contributed by atoms with van der Waals surface area (Å²) in [5, 5.41) is 13.3. The van der Waals surface area contributed by atoms with Crippen LogP contribution in [-0.4, -0.2) is 31.5 Å². The average molecular weight is 362 g/mol. The number of amides is 1. The summed E-state index contributed by atoms with van der Waals surface area (Å²) in [6, 6.07) is 8.00. The number of nitrogens with one attached hydrogen (secondary N) is 3. The molecule has 1 heterocycles. The lowest BCUT2D eigenvalue weighted by molar-refractivity contribution is -0.120. The van der Waals surface area contributed by atoms with E-state index in [1.165, 1.54) is 17.7 Å². The number of carbonyl (C=O) groups is 1. The van der Waals surface area contributed by atoms with Gasteiger partial charge >= 0.3 is 0 Å². The van der Waals surface area contributed by atoms with Crippen LogP contribution in [0.4, 0.5) is 4.39 Å². The molecule has 0 radical (unpaired) electrons. The molecular weight excluding hydrogens is 339 g/mol. The molecule has 0 aliphatic heterocycles. The van der Waals surface area contributed by atoms with Crippen molar-refractivity contribution < 1.29 is 9.18 Å². The lowest BCUT2D eigenvalue weighted by Crippen LogP contribution is -2.41. The van der Waals surface area contributed by atoms with Crippen molar-refractivity contribution in [2.24, 2.45) is 4.99 Å². The second-order valence-corrected chi connectivity index (χ2v) is 6.19. The number of guanidine groups is 1. The van der Waals surface area contributed by atoms with Crippen LogP contribution in [0.15, 0.2) is 46.1 Å². The molecule has 1 aromatic carbocycles. The van der Waals surface area contributed by atoms with E-state index in [2.05, 4.69) is 26.3 Å². The Bertz CT molecular complexity index is 671. The summed E-state index contributed by atoms with van der Waals surface area (Å²) in [4.78, 5) is 16.4. The molecule has 25 heavy (non-hydrogen) atoms. The lowest BCUT2D eigenvalue weighted by Gasteiger charge is -2.11. The zero-order valence-corrected chi connectivity index (χ0v) is 15.0. The van der Waals surface area contributed by atoms with Crippen molar-refractivity contribution in [3.8, 4) is 0 Å². The van der Waals surface area contributed by atoms with Gasteiger partial charge < -0.3 is 16.0 Å². The van der Waals surface area contributed by atoms with Crippen molar-refractivity contribution in [1.29, 1.82) is 0 Å². The first-order chi connectivity index (χ1) is 12.2. The number of thiophene rings is 1. The maximum absolute atomic E-state index is 12.8. The maximum Gasteiger partial charge on any atom is 0.224 e. The van der Waals surface area contributed by atoms with Gasteiger partial charge in [-0.1, -0.05) is 12.1 Å². The first-order valence-corrected chi connectivity index (χ1v) is 9.16. The van der Waals surface area contributed by atoms with Gasteiger partial charge in [-0.2, -0.15) is 11.3 Å². The van der Waals surface area contributed by atoms with Crippen LogP contribution in [-0.2, 0) is 17.8 Å². The first kappa shape index (κ1) is 18.9. The van der Waals surface area contributed by atoms with Crippen LogP contribution < -0.4 is 16.0 Å². The Morgan fingerprint density at radius 1 is 1.08 bits per heavy atom. The molecule has 0 bridgehead atoms. The molecule has 5 nitrogen and oxygen atoms in total. The number of hydrogen-bond acceptors (Lipinski definition) is 3. The van der Waals surface area contributed by atoms with E-state index in [0.717, 1.165) is 18.1 Å². The predicted molar refractivity (Wildman–Crippen MR) is 100 cm³/mol. The van der Waals surface area contributed by atoms with Gasteiger partial charge in [0.25, 0.3) is 0 Å². The SMILES string of the molecule is CCNC(=NCc1ccsc1)NCCNC(=O)Cc1ccc(F)cc1. The molecule has 0 saturated carbocycles. The van der Waals surface area contributed by atoms with Crippen LogP contribution in [0.3, 0.4) is 0 Å². The minimum Gasteiger partial charge on any atom is -0.357 e. The summed E-state index contributed by atoms with van der Waals surface area (Å²) in [5.74, 6) is 0.334. The summed E-state index contributed by atoms with van der Waals surface area (Å²) in [6.45, 7) is 4.46. The minimum absolute atomic E-state index is 0.0892. The van der Waals surface area contributed by atoms with E-state index in [9.17, 15) is 9.18 Å². The van der Waals surface area contributed by atoms with Crippen LogP contribution >= 0.6 is 11.3 Å². The molecule has 134 valence electrons. The molecule has 0 aliphatic carbocycles. The third-order valence-corrected chi connectivity index (χ3v) is 4.09. The maximum atomic E-state index is 12.8. The topological polar surface area (TPSA) is 65.5 Å². The van der Waals surface area contributed by atoms with Crippen LogP contribution in [0.1, 0.15) is 18.1 Å². The average Bonchev–Trinajstić information content (AvgIpc) is 3.12. The van der Waals surface area contributed by atoms with Gasteiger partial charge in [0.05, 0.1) is 13.0 Å². The monoisotopic (exact) mass is 362 g/mol. The Hall–Kier alpha value is -2.41. The van der Waals surface area contributed by atoms with Crippen molar-refractivity contribution in [3.05, 3.63) is 58.0 Å². The molecule has 1 aromatic heterocycles. The number of benzene rings is 1. The molecule has 0 aliphatic rings. The minimum atomic E-state index is -0.300. The van der Waals surface area contributed by atoms with E-state index in [1.54, 1.807) is 23.5 Å². The number of aliphatic imine (C=N–C) groups is 1. The Balaban J connectivity index is 1.69. The predicted octanol–water partition coefficient (Wildman–Crippen LogP) is 2.30. The highest BCUT2D eigenvalue weighted by atomic mass is 32.1. The number of nitrogens with zero attached hydrogens (tertiary/aromatic N) is 1. The van der Waals surface area contributed by atoms with Crippen molar-refractivity contribution in [3.63, 3.8) is 0 Å². The molecule has 3 N–H and O–H groups in total. The highest BCUT2D eigenvalue weighted by Gasteiger charge is 2.03. The number of carbonyl (C=O) groups excluding carboxylic acids is 1. The van der Waals surface area contributed by atoms with Gasteiger partial charge in [0.1, 0.15) is 5.82 Å². The van der Waals surface area contributed by atoms with Gasteiger partial charge in [-0.15, -0.1) is 0 Å². The highest BCUT2D eigenvalue weighted by Crippen LogP contribution is 2.06. The smallest absolute Gasteiger partial charge is 0.224 e. The zero-order chi connectivity index (χ0) is 17.9. The van der Waals surface area contributed by atoms with Gasteiger partial charge in [-0.25, -0.2) is 9.38 Å². The van der Waals surface area contributed by atoms with Crippen molar-refractivity contribution in [2.75, 3.05) is 19.6 Å². The number of rotatable bonds is 8. The molecule has 2 aromatic rings. The Kier molecular flexibility index (Phi) is 7.91. The highest BCUT2D eigenvalue weighted by molar-refractivity contribution is 7.07. The van der Waals surface area contributed by atoms with Gasteiger partial charge in [-0.3, -0.25) is 4.79 Å². The first-order valence-electron chi connectivity index (χ1n) is 8.21. The molecule has 0 unspecified atom stereocenters. The Morgan fingerprint density at radius 2 is 1.84 bits per heavy atom. The molecule has 0 fully saturated rings. The fraction of sp³-hybridized carbons (Fsp3) is 0.333. The number of halogens is 1. The summed E-state index contributed by atoms with van der Waals surface area (Å²) in [7, 11) is 0. The molecule has 0 spiro atoms. The Labute approximate surface area is 151 Å². The summed E-state index contributed by atoms with van der Waals surface area (Å²) in [6.07, 6.45) is 0.243. The molecule has 0 atom stereocenters. The van der Waals surface area contributed by atoms with E-state index < -0.39 is 0 Å². The van der Waals surface area contributed by atoms with Crippen LogP contribution in [0.25, 0.3) is 0 Å². The van der Waals surface area contributed by atoms with Crippen molar-refractivity contribution >= 4 is 23.2 Å². The fourth-order valence-corrected chi connectivity index (χ4v) is 2.79. The third kappa shape index (κ3) is 7.34. The fourth-order valence-electron chi connectivity index (χ4n) is 2.13. The van der Waals surface area contributed by atoms with Crippen LogP contribution in [0.5, 0.6) is 0 Å². The van der Waals surface area contributed by atoms with E-state index in [1.807, 2.05) is 18.4 Å². The van der Waals surface area contributed by atoms with Crippen LogP contribution in [0.2, 0.25) is 0 Å². The molecule has 1 amide bonds. The normalized spacial score (nSPS) is 11.2. The Morgan fingerprint density at radius 3 is 2.52 bits per heavy atom. The second-order valence-electron chi connectivity index (χ2n) is 5.41. The van der Waals surface area contributed by atoms with Crippen molar-refractivity contribution in [1.82, 2.24) is 16.0 Å². The second kappa shape index (κ2) is 10.5. The van der Waals surface area contributed by atoms with Crippen LogP contribution in [0, 0.1) is 5.82 Å². The quantitative estimate of drug-likeness (QED) is 0.384. The van der Waals surface area contributed by atoms with Gasteiger partial charge in [0.15, 0.2) is 5.96 Å². The zero-order valence-electron chi connectivity index (χ0n) is 14.2. The molecular formula is C18H23FN4OS. The largest absolute Gasteiger partial charge is 0.357 e. The summed E-state index contributed by atoms with van der Waals surface area (Å²) < 4.78 is 12.8. The molecule has 0 saturated heterocycles. The summed E-state index contributed by atoms with van der Waals surface area (Å²) in [5.41, 5.74) is 1.97. The van der Waals surface area contributed by atoms with Gasteiger partial charge in [0, 0.05) is 19.6 Å². The lowest BCUT2D eigenvalue weighted by atomic mass is 10.1. The van der Waals surface area contributed by atoms with Gasteiger partial charge in [0.2, 0.25) is 5.91 Å². The van der Waals surface area contributed by atoms with E-state index in [4.69, 9.17) is 0 Å². The standard InChI is InChI=1S/C18H23FN4OS/c1-2-20-18(23-12-15-7-10-25-13-15)22-9-8-21-17(24)11-14-3-5-16(19)6-4-14/h3-7,10,13H,2,8-9,11-12H2,1H3,(H,21,24)(H2,20,22,23). The van der Waals surface area contributed by atoms with Crippen molar-refractivity contribution in [2.45, 2.75) is 19.9 Å². The van der Waals surface area contributed by atoms with Gasteiger partial charge in [-0.05, 0) is 47.0 Å². The number of hydrogen-bond donors (Lipinski definition) is 3. The molecule has 7 heteroatoms. The van der Waals surface area contributed by atoms with E-state index >= 15 is 0 Å².